The maximum Gasteiger partial charge on any atom is 0.279 e. The molecule has 0 spiro atoms. The molecule has 0 radical (unpaired) electrons. The lowest BCUT2D eigenvalue weighted by Crippen LogP contribution is -2.41. The summed E-state index contributed by atoms with van der Waals surface area (Å²) < 4.78 is 0.832. The van der Waals surface area contributed by atoms with Crippen LogP contribution in [0.1, 0.15) is 44.0 Å². The highest BCUT2D eigenvalue weighted by Gasteiger charge is 2.13. The van der Waals surface area contributed by atoms with Crippen molar-refractivity contribution in [1.29, 1.82) is 0 Å². The molecule has 1 aromatic carbocycles. The van der Waals surface area contributed by atoms with E-state index in [9.17, 15) is 14.4 Å². The van der Waals surface area contributed by atoms with Gasteiger partial charge in [0, 0.05) is 18.4 Å². The molecule has 1 heterocycles. The van der Waals surface area contributed by atoms with Crippen molar-refractivity contribution in [2.45, 2.75) is 26.7 Å². The third kappa shape index (κ3) is 5.01. The van der Waals surface area contributed by atoms with Gasteiger partial charge in [-0.25, -0.2) is 0 Å². The summed E-state index contributed by atoms with van der Waals surface area (Å²) in [5, 5.41) is 0. The van der Waals surface area contributed by atoms with Crippen molar-refractivity contribution in [2.24, 2.45) is 0 Å². The fraction of sp³-hybridized carbons (Fsp3) is 0.235. The second-order valence-electron chi connectivity index (χ2n) is 5.35. The molecule has 2 N–H and O–H groups in total. The summed E-state index contributed by atoms with van der Waals surface area (Å²) >= 11 is 4.53. The van der Waals surface area contributed by atoms with Crippen LogP contribution in [-0.2, 0) is 4.79 Å². The summed E-state index contributed by atoms with van der Waals surface area (Å²) in [6.45, 7) is 3.79. The summed E-state index contributed by atoms with van der Waals surface area (Å²) in [5.41, 5.74) is 7.19. The van der Waals surface area contributed by atoms with Crippen molar-refractivity contribution in [2.75, 3.05) is 0 Å². The predicted octanol–water partition coefficient (Wildman–Crippen LogP) is 3.55. The summed E-state index contributed by atoms with van der Waals surface area (Å²) in [6.07, 6.45) is 0.108. The number of hydrazine groups is 1. The van der Waals surface area contributed by atoms with Gasteiger partial charge >= 0.3 is 0 Å². The molecule has 5 nitrogen and oxygen atoms in total. The largest absolute Gasteiger partial charge is 0.294 e. The zero-order valence-corrected chi connectivity index (χ0v) is 15.7. The molecule has 0 saturated carbocycles. The number of ketones is 1. The first-order valence-corrected chi connectivity index (χ1v) is 8.92. The Hall–Kier alpha value is -1.99. The molecule has 126 valence electrons. The monoisotopic (exact) mass is 408 g/mol. The average molecular weight is 409 g/mol. The minimum absolute atomic E-state index is 0.0145. The molecule has 0 aliphatic carbocycles. The van der Waals surface area contributed by atoms with Crippen molar-refractivity contribution < 1.29 is 14.4 Å². The fourth-order valence-corrected chi connectivity index (χ4v) is 3.37. The van der Waals surface area contributed by atoms with Crippen molar-refractivity contribution in [1.82, 2.24) is 10.9 Å². The van der Waals surface area contributed by atoms with Gasteiger partial charge in [-0.3, -0.25) is 25.2 Å². The second kappa shape index (κ2) is 8.21. The molecule has 0 atom stereocenters. The van der Waals surface area contributed by atoms with Gasteiger partial charge in [-0.1, -0.05) is 17.7 Å². The number of halogens is 1. The van der Waals surface area contributed by atoms with Gasteiger partial charge in [-0.2, -0.15) is 0 Å². The van der Waals surface area contributed by atoms with Crippen molar-refractivity contribution in [3.8, 4) is 0 Å². The van der Waals surface area contributed by atoms with E-state index in [0.717, 1.165) is 14.9 Å². The van der Waals surface area contributed by atoms with Crippen LogP contribution < -0.4 is 10.9 Å². The van der Waals surface area contributed by atoms with Crippen molar-refractivity contribution in [3.05, 3.63) is 55.7 Å². The van der Waals surface area contributed by atoms with E-state index in [2.05, 4.69) is 26.8 Å². The van der Waals surface area contributed by atoms with Crippen LogP contribution in [0, 0.1) is 13.8 Å². The number of thiophene rings is 1. The van der Waals surface area contributed by atoms with Gasteiger partial charge in [-0.15, -0.1) is 11.3 Å². The molecule has 0 saturated heterocycles. The second-order valence-corrected chi connectivity index (χ2v) is 7.81. The van der Waals surface area contributed by atoms with Crippen LogP contribution in [0.15, 0.2) is 34.1 Å². The quantitative estimate of drug-likeness (QED) is 0.586. The lowest BCUT2D eigenvalue weighted by atomic mass is 9.99. The summed E-state index contributed by atoms with van der Waals surface area (Å²) in [7, 11) is 0. The van der Waals surface area contributed by atoms with E-state index in [0.29, 0.717) is 10.4 Å². The Morgan fingerprint density at radius 1 is 1.04 bits per heavy atom. The molecule has 7 heteroatoms. The number of hydrogen-bond donors (Lipinski definition) is 2. The fourth-order valence-electron chi connectivity index (χ4n) is 2.08. The molecule has 0 unspecified atom stereocenters. The molecular formula is C17H17BrN2O3S. The molecule has 1 aromatic heterocycles. The Labute approximate surface area is 152 Å². The molecule has 2 aromatic rings. The van der Waals surface area contributed by atoms with Crippen LogP contribution >= 0.6 is 27.3 Å². The van der Waals surface area contributed by atoms with Gasteiger partial charge in [0.2, 0.25) is 5.91 Å². The number of hydrogen-bond acceptors (Lipinski definition) is 4. The van der Waals surface area contributed by atoms with Crippen molar-refractivity contribution in [3.63, 3.8) is 0 Å². The third-order valence-electron chi connectivity index (χ3n) is 3.39. The zero-order chi connectivity index (χ0) is 17.7. The molecule has 0 aliphatic rings. The average Bonchev–Trinajstić information content (AvgIpc) is 2.99. The summed E-state index contributed by atoms with van der Waals surface area (Å²) in [5.74, 6) is -0.877. The predicted molar refractivity (Wildman–Crippen MR) is 97.1 cm³/mol. The number of benzene rings is 1. The van der Waals surface area contributed by atoms with Crippen LogP contribution in [0.2, 0.25) is 0 Å². The normalized spacial score (nSPS) is 10.3. The van der Waals surface area contributed by atoms with E-state index < -0.39 is 5.91 Å². The topological polar surface area (TPSA) is 75.3 Å². The molecule has 24 heavy (non-hydrogen) atoms. The van der Waals surface area contributed by atoms with Crippen LogP contribution in [0.25, 0.3) is 0 Å². The summed E-state index contributed by atoms with van der Waals surface area (Å²) in [6, 6.07) is 9.07. The van der Waals surface area contributed by atoms with E-state index in [1.54, 1.807) is 12.1 Å². The van der Waals surface area contributed by atoms with Crippen LogP contribution in [0.4, 0.5) is 0 Å². The number of carbonyl (C=O) groups excluding carboxylic acids is 3. The first-order valence-electron chi connectivity index (χ1n) is 7.32. The first-order chi connectivity index (χ1) is 11.4. The van der Waals surface area contributed by atoms with Crippen LogP contribution in [-0.4, -0.2) is 17.6 Å². The van der Waals surface area contributed by atoms with Gasteiger partial charge in [-0.05, 0) is 53.5 Å². The van der Waals surface area contributed by atoms with E-state index in [-0.39, 0.29) is 24.5 Å². The van der Waals surface area contributed by atoms with Gasteiger partial charge in [0.05, 0.1) is 8.66 Å². The smallest absolute Gasteiger partial charge is 0.279 e. The van der Waals surface area contributed by atoms with E-state index in [1.807, 2.05) is 32.0 Å². The molecular weight excluding hydrogens is 392 g/mol. The Bertz CT molecular complexity index is 786. The Morgan fingerprint density at radius 3 is 2.46 bits per heavy atom. The summed E-state index contributed by atoms with van der Waals surface area (Å²) in [4.78, 5) is 36.3. The van der Waals surface area contributed by atoms with E-state index >= 15 is 0 Å². The van der Waals surface area contributed by atoms with E-state index in [4.69, 9.17) is 0 Å². The number of amides is 2. The van der Waals surface area contributed by atoms with Crippen LogP contribution in [0.3, 0.4) is 0 Å². The number of Topliss-reactive ketones (excluding diaryl/α,β-unsaturated/α-hetero) is 1. The van der Waals surface area contributed by atoms with Gasteiger partial charge in [0.15, 0.2) is 5.78 Å². The van der Waals surface area contributed by atoms with Gasteiger partial charge in [0.25, 0.3) is 5.91 Å². The highest BCUT2D eigenvalue weighted by molar-refractivity contribution is 9.11. The highest BCUT2D eigenvalue weighted by atomic mass is 79.9. The Kier molecular flexibility index (Phi) is 6.28. The number of rotatable bonds is 5. The minimum Gasteiger partial charge on any atom is -0.294 e. The minimum atomic E-state index is -0.405. The molecule has 2 rings (SSSR count). The van der Waals surface area contributed by atoms with Gasteiger partial charge in [0.1, 0.15) is 0 Å². The van der Waals surface area contributed by atoms with Crippen molar-refractivity contribution >= 4 is 44.9 Å². The Balaban J connectivity index is 1.81. The maximum atomic E-state index is 12.2. The number of nitrogens with one attached hydrogen (secondary N) is 2. The van der Waals surface area contributed by atoms with Gasteiger partial charge < -0.3 is 0 Å². The van der Waals surface area contributed by atoms with E-state index in [1.165, 1.54) is 11.3 Å². The third-order valence-corrected chi connectivity index (χ3v) is 5.01. The molecule has 2 amide bonds. The SMILES string of the molecule is Cc1ccc(C)c(C(=O)CCC(=O)NNC(=O)c2ccc(Br)s2)c1. The highest BCUT2D eigenvalue weighted by Crippen LogP contribution is 2.21. The molecule has 0 fully saturated rings. The van der Waals surface area contributed by atoms with Crippen LogP contribution in [0.5, 0.6) is 0 Å². The zero-order valence-electron chi connectivity index (χ0n) is 13.3. The lowest BCUT2D eigenvalue weighted by molar-refractivity contribution is -0.121. The number of carbonyl (C=O) groups is 3. The standard InChI is InChI=1S/C17H17BrN2O3S/c1-10-3-4-11(2)12(9-10)13(21)5-8-16(22)19-20-17(23)14-6-7-15(18)24-14/h3-4,6-7,9H,5,8H2,1-2H3,(H,19,22)(H,20,23). The number of aryl methyl sites for hydroxylation is 2. The Morgan fingerprint density at radius 2 is 1.79 bits per heavy atom. The lowest BCUT2D eigenvalue weighted by Gasteiger charge is -2.08. The first kappa shape index (κ1) is 18.4. The molecule has 0 bridgehead atoms. The molecule has 0 aliphatic heterocycles. The maximum absolute atomic E-state index is 12.2.